The topological polar surface area (TPSA) is 31.2 Å². The van der Waals surface area contributed by atoms with Crippen LogP contribution >= 0.6 is 0 Å². The van der Waals surface area contributed by atoms with Crippen molar-refractivity contribution in [2.75, 3.05) is 0 Å². The van der Waals surface area contributed by atoms with Gasteiger partial charge in [-0.1, -0.05) is 0 Å². The summed E-state index contributed by atoms with van der Waals surface area (Å²) in [5, 5.41) is 0. The standard InChI is InChI=1S/C14H19NO2/c1-10-2-5-13(17-10)9-15-7-6-12(8-15)14(16)11-3-4-11/h6-8,10-11,13H,2-5,9H2,1H3. The fraction of sp³-hybridized carbons (Fsp3) is 0.643. The van der Waals surface area contributed by atoms with E-state index in [-0.39, 0.29) is 0 Å². The first-order chi connectivity index (χ1) is 8.22. The van der Waals surface area contributed by atoms with Crippen LogP contribution in [0.3, 0.4) is 0 Å². The third kappa shape index (κ3) is 2.44. The SMILES string of the molecule is CC1CCC(Cn2ccc(C(=O)C3CC3)c2)O1. The van der Waals surface area contributed by atoms with Crippen molar-refractivity contribution < 1.29 is 9.53 Å². The number of ether oxygens (including phenoxy) is 1. The van der Waals surface area contributed by atoms with Gasteiger partial charge in [-0.05, 0) is 38.7 Å². The Hall–Kier alpha value is -1.09. The van der Waals surface area contributed by atoms with Crippen LogP contribution < -0.4 is 0 Å². The average molecular weight is 233 g/mol. The van der Waals surface area contributed by atoms with Crippen molar-refractivity contribution in [3.63, 3.8) is 0 Å². The zero-order chi connectivity index (χ0) is 11.8. The molecule has 2 atom stereocenters. The highest BCUT2D eigenvalue weighted by Crippen LogP contribution is 2.32. The number of aromatic nitrogens is 1. The molecule has 2 fully saturated rings. The van der Waals surface area contributed by atoms with Crippen molar-refractivity contribution in [2.24, 2.45) is 5.92 Å². The first-order valence-electron chi connectivity index (χ1n) is 6.58. The number of rotatable bonds is 4. The van der Waals surface area contributed by atoms with Gasteiger partial charge in [0.05, 0.1) is 12.2 Å². The van der Waals surface area contributed by atoms with Crippen LogP contribution in [0.15, 0.2) is 18.5 Å². The highest BCUT2D eigenvalue weighted by atomic mass is 16.5. The van der Waals surface area contributed by atoms with Crippen molar-refractivity contribution >= 4 is 5.78 Å². The first kappa shape index (κ1) is 11.0. The average Bonchev–Trinajstić information content (AvgIpc) is 2.93. The Labute approximate surface area is 102 Å². The minimum atomic E-state index is 0.314. The van der Waals surface area contributed by atoms with Gasteiger partial charge in [0, 0.05) is 30.4 Å². The molecule has 0 spiro atoms. The lowest BCUT2D eigenvalue weighted by Crippen LogP contribution is -2.15. The van der Waals surface area contributed by atoms with Crippen molar-refractivity contribution in [3.8, 4) is 0 Å². The van der Waals surface area contributed by atoms with Crippen molar-refractivity contribution in [1.82, 2.24) is 4.57 Å². The van der Waals surface area contributed by atoms with Gasteiger partial charge in [-0.2, -0.15) is 0 Å². The molecule has 1 aromatic heterocycles. The maximum absolute atomic E-state index is 11.9. The highest BCUT2D eigenvalue weighted by molar-refractivity contribution is 5.99. The van der Waals surface area contributed by atoms with E-state index in [0.29, 0.717) is 23.9 Å². The van der Waals surface area contributed by atoms with Gasteiger partial charge >= 0.3 is 0 Å². The number of ketones is 1. The Balaban J connectivity index is 1.62. The van der Waals surface area contributed by atoms with Crippen molar-refractivity contribution in [1.29, 1.82) is 0 Å². The van der Waals surface area contributed by atoms with Gasteiger partial charge in [0.1, 0.15) is 0 Å². The normalized spacial score (nSPS) is 28.5. The zero-order valence-corrected chi connectivity index (χ0v) is 10.3. The van der Waals surface area contributed by atoms with Crippen LogP contribution in [0, 0.1) is 5.92 Å². The van der Waals surface area contributed by atoms with Gasteiger partial charge < -0.3 is 9.30 Å². The molecule has 0 N–H and O–H groups in total. The van der Waals surface area contributed by atoms with Crippen molar-refractivity contribution in [3.05, 3.63) is 24.0 Å². The number of hydrogen-bond acceptors (Lipinski definition) is 2. The predicted octanol–water partition coefficient (Wildman–Crippen LogP) is 2.65. The Bertz CT molecular complexity index is 420. The smallest absolute Gasteiger partial charge is 0.167 e. The van der Waals surface area contributed by atoms with Crippen LogP contribution in [-0.4, -0.2) is 22.6 Å². The second kappa shape index (κ2) is 4.30. The predicted molar refractivity (Wildman–Crippen MR) is 65.1 cm³/mol. The number of carbonyl (C=O) groups is 1. The van der Waals surface area contributed by atoms with Gasteiger partial charge in [-0.15, -0.1) is 0 Å². The molecule has 1 saturated carbocycles. The van der Waals surface area contributed by atoms with Crippen LogP contribution in [-0.2, 0) is 11.3 Å². The Kier molecular flexibility index (Phi) is 2.79. The third-order valence-electron chi connectivity index (χ3n) is 3.72. The quantitative estimate of drug-likeness (QED) is 0.749. The Morgan fingerprint density at radius 3 is 2.88 bits per heavy atom. The van der Waals surface area contributed by atoms with Crippen LogP contribution in [0.1, 0.15) is 43.0 Å². The zero-order valence-electron chi connectivity index (χ0n) is 10.3. The molecule has 1 aliphatic heterocycles. The summed E-state index contributed by atoms with van der Waals surface area (Å²) < 4.78 is 7.88. The molecule has 3 heteroatoms. The fourth-order valence-electron chi connectivity index (χ4n) is 2.54. The summed E-state index contributed by atoms with van der Waals surface area (Å²) in [5.41, 5.74) is 0.874. The molecule has 1 aromatic rings. The van der Waals surface area contributed by atoms with Gasteiger partial charge in [-0.3, -0.25) is 4.79 Å². The maximum atomic E-state index is 11.9. The molecule has 0 amide bonds. The van der Waals surface area contributed by atoms with Crippen LogP contribution in [0.5, 0.6) is 0 Å². The lowest BCUT2D eigenvalue weighted by Gasteiger charge is -2.11. The monoisotopic (exact) mass is 233 g/mol. The molecule has 17 heavy (non-hydrogen) atoms. The van der Waals surface area contributed by atoms with Crippen molar-refractivity contribution in [2.45, 2.75) is 51.4 Å². The molecule has 3 rings (SSSR count). The molecule has 0 aromatic carbocycles. The lowest BCUT2D eigenvalue weighted by atomic mass is 10.1. The summed E-state index contributed by atoms with van der Waals surface area (Å²) in [5.74, 6) is 0.637. The molecular weight excluding hydrogens is 214 g/mol. The number of hydrogen-bond donors (Lipinski definition) is 0. The number of carbonyl (C=O) groups excluding carboxylic acids is 1. The van der Waals surface area contributed by atoms with E-state index in [1.807, 2.05) is 18.5 Å². The first-order valence-corrected chi connectivity index (χ1v) is 6.58. The van der Waals surface area contributed by atoms with E-state index < -0.39 is 0 Å². The molecule has 0 bridgehead atoms. The maximum Gasteiger partial charge on any atom is 0.167 e. The Morgan fingerprint density at radius 1 is 1.41 bits per heavy atom. The van der Waals surface area contributed by atoms with Gasteiger partial charge in [-0.25, -0.2) is 0 Å². The molecular formula is C14H19NO2. The summed E-state index contributed by atoms with van der Waals surface area (Å²) >= 11 is 0. The van der Waals surface area contributed by atoms with Gasteiger partial charge in [0.15, 0.2) is 5.78 Å². The minimum absolute atomic E-state index is 0.314. The Morgan fingerprint density at radius 2 is 2.24 bits per heavy atom. The van der Waals surface area contributed by atoms with Crippen LogP contribution in [0.4, 0.5) is 0 Å². The second-order valence-corrected chi connectivity index (χ2v) is 5.38. The number of Topliss-reactive ketones (excluding diaryl/α,β-unsaturated/α-hetero) is 1. The molecule has 2 aliphatic rings. The van der Waals surface area contributed by atoms with E-state index in [9.17, 15) is 4.79 Å². The summed E-state index contributed by atoms with van der Waals surface area (Å²) in [6.45, 7) is 3.00. The van der Waals surface area contributed by atoms with E-state index in [4.69, 9.17) is 4.74 Å². The minimum Gasteiger partial charge on any atom is -0.373 e. The van der Waals surface area contributed by atoms with E-state index in [1.165, 1.54) is 0 Å². The summed E-state index contributed by atoms with van der Waals surface area (Å²) in [4.78, 5) is 11.9. The molecule has 1 aliphatic carbocycles. The van der Waals surface area contributed by atoms with Crippen LogP contribution in [0.25, 0.3) is 0 Å². The lowest BCUT2D eigenvalue weighted by molar-refractivity contribution is 0.0458. The molecule has 92 valence electrons. The third-order valence-corrected chi connectivity index (χ3v) is 3.72. The van der Waals surface area contributed by atoms with E-state index in [1.54, 1.807) is 0 Å². The highest BCUT2D eigenvalue weighted by Gasteiger charge is 2.31. The summed E-state index contributed by atoms with van der Waals surface area (Å²) in [7, 11) is 0. The van der Waals surface area contributed by atoms with E-state index >= 15 is 0 Å². The van der Waals surface area contributed by atoms with Gasteiger partial charge in [0.2, 0.25) is 0 Å². The van der Waals surface area contributed by atoms with E-state index in [0.717, 1.165) is 37.8 Å². The van der Waals surface area contributed by atoms with Crippen LogP contribution in [0.2, 0.25) is 0 Å². The number of nitrogens with zero attached hydrogens (tertiary/aromatic N) is 1. The molecule has 1 saturated heterocycles. The fourth-order valence-corrected chi connectivity index (χ4v) is 2.54. The molecule has 0 radical (unpaired) electrons. The second-order valence-electron chi connectivity index (χ2n) is 5.38. The molecule has 2 unspecified atom stereocenters. The van der Waals surface area contributed by atoms with E-state index in [2.05, 4.69) is 11.5 Å². The molecule has 2 heterocycles. The largest absolute Gasteiger partial charge is 0.373 e. The molecule has 3 nitrogen and oxygen atoms in total. The van der Waals surface area contributed by atoms with Gasteiger partial charge in [0.25, 0.3) is 0 Å². The summed E-state index contributed by atoms with van der Waals surface area (Å²) in [6, 6.07) is 1.94. The summed E-state index contributed by atoms with van der Waals surface area (Å²) in [6.07, 6.45) is 9.13.